The average Bonchev–Trinajstić information content (AvgIpc) is 3.05. The number of carbonyl (C=O) groups excluding carboxylic acids is 1. The predicted octanol–water partition coefficient (Wildman–Crippen LogP) is 0.665. The second kappa shape index (κ2) is 4.57. The fraction of sp³-hybridized carbons (Fsp3) is 0.182. The van der Waals surface area contributed by atoms with Crippen molar-refractivity contribution in [2.75, 3.05) is 14.1 Å². The van der Waals surface area contributed by atoms with Crippen LogP contribution in [0.25, 0.3) is 11.6 Å². The average molecular weight is 292 g/mol. The van der Waals surface area contributed by atoms with Gasteiger partial charge in [0, 0.05) is 26.4 Å². The largest absolute Gasteiger partial charge is 0.343 e. The van der Waals surface area contributed by atoms with Crippen molar-refractivity contribution in [3.8, 4) is 5.82 Å². The third-order valence-corrected chi connectivity index (χ3v) is 2.84. The van der Waals surface area contributed by atoms with Gasteiger partial charge in [0.05, 0.1) is 0 Å². The minimum Gasteiger partial charge on any atom is -0.343 e. The molecule has 1 amide bonds. The van der Waals surface area contributed by atoms with Crippen LogP contribution in [-0.4, -0.2) is 54.3 Å². The Morgan fingerprint density at radius 1 is 1.40 bits per heavy atom. The van der Waals surface area contributed by atoms with E-state index in [1.165, 1.54) is 20.4 Å². The van der Waals surface area contributed by atoms with Crippen molar-refractivity contribution in [1.29, 1.82) is 0 Å². The van der Waals surface area contributed by atoms with E-state index in [0.29, 0.717) is 17.3 Å². The molecule has 20 heavy (non-hydrogen) atoms. The molecule has 0 aliphatic rings. The predicted molar refractivity (Wildman–Crippen MR) is 70.9 cm³/mol. The Kier molecular flexibility index (Phi) is 2.87. The van der Waals surface area contributed by atoms with Gasteiger partial charge < -0.3 is 4.90 Å². The third kappa shape index (κ3) is 1.99. The zero-order valence-electron chi connectivity index (χ0n) is 10.7. The summed E-state index contributed by atoms with van der Waals surface area (Å²) in [6.07, 6.45) is 3.03. The Hall–Kier alpha value is -2.48. The molecule has 0 fully saturated rings. The Balaban J connectivity index is 2.12. The highest BCUT2D eigenvalue weighted by molar-refractivity contribution is 6.29. The summed E-state index contributed by atoms with van der Waals surface area (Å²) in [7, 11) is 3.33. The van der Waals surface area contributed by atoms with Crippen molar-refractivity contribution in [1.82, 2.24) is 34.3 Å². The summed E-state index contributed by atoms with van der Waals surface area (Å²) in [6, 6.07) is 3.22. The lowest BCUT2D eigenvalue weighted by atomic mass is 10.4. The standard InChI is InChI=1S/C11H10ClN7O/c1-17(2)10(20)7-3-4-18(16-7)9-5-8(12)15-11-13-6-14-19(9)11/h3-6H,1-2H3. The van der Waals surface area contributed by atoms with Gasteiger partial charge >= 0.3 is 0 Å². The molecule has 3 aromatic heterocycles. The number of hydrogen-bond donors (Lipinski definition) is 0. The highest BCUT2D eigenvalue weighted by Crippen LogP contribution is 2.14. The van der Waals surface area contributed by atoms with Crippen molar-refractivity contribution in [2.24, 2.45) is 0 Å². The van der Waals surface area contributed by atoms with Crippen LogP contribution >= 0.6 is 11.6 Å². The highest BCUT2D eigenvalue weighted by atomic mass is 35.5. The molecule has 0 bridgehead atoms. The fourth-order valence-corrected chi connectivity index (χ4v) is 1.90. The number of carbonyl (C=O) groups is 1. The lowest BCUT2D eigenvalue weighted by Gasteiger charge is -2.07. The summed E-state index contributed by atoms with van der Waals surface area (Å²) >= 11 is 5.94. The van der Waals surface area contributed by atoms with Crippen molar-refractivity contribution in [3.05, 3.63) is 35.5 Å². The minimum absolute atomic E-state index is 0.182. The van der Waals surface area contributed by atoms with E-state index < -0.39 is 0 Å². The minimum atomic E-state index is -0.182. The molecule has 0 aliphatic heterocycles. The maximum absolute atomic E-state index is 11.8. The van der Waals surface area contributed by atoms with Gasteiger partial charge in [0.1, 0.15) is 11.5 Å². The lowest BCUT2D eigenvalue weighted by molar-refractivity contribution is 0.0821. The first-order chi connectivity index (χ1) is 9.56. The van der Waals surface area contributed by atoms with Crippen LogP contribution < -0.4 is 0 Å². The monoisotopic (exact) mass is 291 g/mol. The van der Waals surface area contributed by atoms with Gasteiger partial charge in [-0.2, -0.15) is 24.7 Å². The van der Waals surface area contributed by atoms with E-state index in [0.717, 1.165) is 0 Å². The lowest BCUT2D eigenvalue weighted by Crippen LogP contribution is -2.22. The smallest absolute Gasteiger partial charge is 0.273 e. The van der Waals surface area contributed by atoms with E-state index in [2.05, 4.69) is 20.2 Å². The topological polar surface area (TPSA) is 81.2 Å². The van der Waals surface area contributed by atoms with Gasteiger partial charge in [0.2, 0.25) is 0 Å². The molecule has 8 nitrogen and oxygen atoms in total. The number of rotatable bonds is 2. The molecule has 102 valence electrons. The summed E-state index contributed by atoms with van der Waals surface area (Å²) in [4.78, 5) is 21.3. The molecule has 0 spiro atoms. The fourth-order valence-electron chi connectivity index (χ4n) is 1.73. The highest BCUT2D eigenvalue weighted by Gasteiger charge is 2.14. The summed E-state index contributed by atoms with van der Waals surface area (Å²) in [5.74, 6) is 0.734. The molecule has 3 aromatic rings. The number of halogens is 1. The Morgan fingerprint density at radius 2 is 2.20 bits per heavy atom. The summed E-state index contributed by atoms with van der Waals surface area (Å²) < 4.78 is 2.99. The molecule has 0 saturated carbocycles. The normalized spacial score (nSPS) is 10.9. The molecule has 3 heterocycles. The SMILES string of the molecule is CN(C)C(=O)c1ccn(-c2cc(Cl)nc3ncnn23)n1. The van der Waals surface area contributed by atoms with Crippen LogP contribution in [0.15, 0.2) is 24.7 Å². The maximum atomic E-state index is 11.8. The van der Waals surface area contributed by atoms with Crippen molar-refractivity contribution in [3.63, 3.8) is 0 Å². The molecule has 3 rings (SSSR count). The van der Waals surface area contributed by atoms with Gasteiger partial charge in [-0.25, -0.2) is 4.68 Å². The molecule has 0 aromatic carbocycles. The molecule has 0 saturated heterocycles. The van der Waals surface area contributed by atoms with Crippen LogP contribution in [0, 0.1) is 0 Å². The van der Waals surface area contributed by atoms with Gasteiger partial charge in [-0.15, -0.1) is 0 Å². The van der Waals surface area contributed by atoms with E-state index in [9.17, 15) is 4.79 Å². The molecular formula is C11H10ClN7O. The van der Waals surface area contributed by atoms with Crippen LogP contribution in [0.5, 0.6) is 0 Å². The molecule has 0 aliphatic carbocycles. The summed E-state index contributed by atoms with van der Waals surface area (Å²) in [5, 5.41) is 8.55. The zero-order valence-corrected chi connectivity index (χ0v) is 11.5. The second-order valence-electron chi connectivity index (χ2n) is 4.25. The zero-order chi connectivity index (χ0) is 14.3. The van der Waals surface area contributed by atoms with E-state index in [1.54, 1.807) is 32.4 Å². The van der Waals surface area contributed by atoms with Crippen molar-refractivity contribution in [2.45, 2.75) is 0 Å². The van der Waals surface area contributed by atoms with Crippen LogP contribution in [0.2, 0.25) is 5.15 Å². The van der Waals surface area contributed by atoms with Crippen molar-refractivity contribution < 1.29 is 4.79 Å². The molecule has 9 heteroatoms. The van der Waals surface area contributed by atoms with Gasteiger partial charge in [-0.1, -0.05) is 11.6 Å². The van der Waals surface area contributed by atoms with Gasteiger partial charge in [0.15, 0.2) is 11.5 Å². The Bertz CT molecular complexity index is 791. The summed E-state index contributed by atoms with van der Waals surface area (Å²) in [5.41, 5.74) is 0.330. The second-order valence-corrected chi connectivity index (χ2v) is 4.64. The number of fused-ring (bicyclic) bond motifs is 1. The van der Waals surface area contributed by atoms with E-state index in [-0.39, 0.29) is 11.1 Å². The Morgan fingerprint density at radius 3 is 2.95 bits per heavy atom. The van der Waals surface area contributed by atoms with Gasteiger partial charge in [-0.05, 0) is 6.07 Å². The summed E-state index contributed by atoms with van der Waals surface area (Å²) in [6.45, 7) is 0. The van der Waals surface area contributed by atoms with Crippen LogP contribution in [0.1, 0.15) is 10.5 Å². The van der Waals surface area contributed by atoms with Gasteiger partial charge in [-0.3, -0.25) is 4.79 Å². The van der Waals surface area contributed by atoms with Crippen LogP contribution in [-0.2, 0) is 0 Å². The molecular weight excluding hydrogens is 282 g/mol. The van der Waals surface area contributed by atoms with Crippen LogP contribution in [0.4, 0.5) is 0 Å². The first kappa shape index (κ1) is 12.5. The van der Waals surface area contributed by atoms with Crippen LogP contribution in [0.3, 0.4) is 0 Å². The first-order valence-corrected chi connectivity index (χ1v) is 6.08. The third-order valence-electron chi connectivity index (χ3n) is 2.65. The Labute approximate surface area is 118 Å². The molecule has 0 N–H and O–H groups in total. The number of hydrogen-bond acceptors (Lipinski definition) is 5. The number of nitrogens with zero attached hydrogens (tertiary/aromatic N) is 7. The number of aromatic nitrogens is 6. The van der Waals surface area contributed by atoms with Crippen molar-refractivity contribution >= 4 is 23.3 Å². The quantitative estimate of drug-likeness (QED) is 0.648. The van der Waals surface area contributed by atoms with E-state index in [1.807, 2.05) is 0 Å². The molecule has 0 unspecified atom stereocenters. The first-order valence-electron chi connectivity index (χ1n) is 5.70. The van der Waals surface area contributed by atoms with Gasteiger partial charge in [0.25, 0.3) is 11.7 Å². The maximum Gasteiger partial charge on any atom is 0.273 e. The molecule has 0 atom stereocenters. The van der Waals surface area contributed by atoms with E-state index in [4.69, 9.17) is 11.6 Å². The van der Waals surface area contributed by atoms with E-state index >= 15 is 0 Å². The molecule has 0 radical (unpaired) electrons. The number of amides is 1.